The molecule has 2 aliphatic rings. The third kappa shape index (κ3) is 1.92. The Balaban J connectivity index is 2.00. The minimum absolute atomic E-state index is 0.0391. The van der Waals surface area contributed by atoms with E-state index in [4.69, 9.17) is 0 Å². The Hall–Kier alpha value is -1.50. The number of aliphatic hydroxyl groups is 1. The van der Waals surface area contributed by atoms with Crippen molar-refractivity contribution in [2.75, 3.05) is 0 Å². The van der Waals surface area contributed by atoms with Gasteiger partial charge in [0.1, 0.15) is 6.20 Å². The maximum Gasteiger partial charge on any atom is 0.313 e. The summed E-state index contributed by atoms with van der Waals surface area (Å²) in [6, 6.07) is 0. The molecule has 7 heteroatoms. The number of hydrogen-bond donors (Lipinski definition) is 1. The van der Waals surface area contributed by atoms with E-state index in [1.165, 1.54) is 11.7 Å². The van der Waals surface area contributed by atoms with E-state index in [0.717, 1.165) is 12.6 Å². The van der Waals surface area contributed by atoms with Gasteiger partial charge in [-0.3, -0.25) is 14.8 Å². The first-order chi connectivity index (χ1) is 8.92. The zero-order valence-electron chi connectivity index (χ0n) is 10.6. The molecule has 6 nitrogen and oxygen atoms in total. The Bertz CT molecular complexity index is 532. The van der Waals surface area contributed by atoms with Crippen molar-refractivity contribution in [1.82, 2.24) is 9.78 Å². The highest BCUT2D eigenvalue weighted by molar-refractivity contribution is 5.38. The van der Waals surface area contributed by atoms with E-state index >= 15 is 4.39 Å². The van der Waals surface area contributed by atoms with Crippen LogP contribution in [0, 0.1) is 22.0 Å². The van der Waals surface area contributed by atoms with Gasteiger partial charge in [-0.1, -0.05) is 0 Å². The average molecular weight is 269 g/mol. The van der Waals surface area contributed by atoms with Crippen molar-refractivity contribution in [2.45, 2.75) is 37.5 Å². The van der Waals surface area contributed by atoms with E-state index in [0.29, 0.717) is 6.42 Å². The van der Waals surface area contributed by atoms with Crippen LogP contribution in [0.2, 0.25) is 0 Å². The second kappa shape index (κ2) is 4.00. The molecule has 0 saturated heterocycles. The van der Waals surface area contributed by atoms with Crippen LogP contribution in [0.1, 0.15) is 31.4 Å². The van der Waals surface area contributed by atoms with Gasteiger partial charge in [0.05, 0.1) is 11.0 Å². The predicted octanol–water partition coefficient (Wildman–Crippen LogP) is 1.67. The molecular weight excluding hydrogens is 253 g/mol. The quantitative estimate of drug-likeness (QED) is 0.654. The van der Waals surface area contributed by atoms with E-state index in [2.05, 4.69) is 5.10 Å². The Morgan fingerprint density at radius 1 is 1.68 bits per heavy atom. The Morgan fingerprint density at radius 3 is 3.11 bits per heavy atom. The monoisotopic (exact) mass is 269 g/mol. The number of nitrogens with zero attached hydrogens (tertiary/aromatic N) is 3. The molecular formula is C12H16FN3O3. The first-order valence-electron chi connectivity index (χ1n) is 6.46. The van der Waals surface area contributed by atoms with Crippen LogP contribution in [0.15, 0.2) is 6.20 Å². The van der Waals surface area contributed by atoms with Crippen molar-refractivity contribution in [3.05, 3.63) is 22.0 Å². The Labute approximate surface area is 109 Å². The van der Waals surface area contributed by atoms with E-state index in [1.54, 1.807) is 0 Å². The summed E-state index contributed by atoms with van der Waals surface area (Å²) in [5.74, 6) is 0.307. The highest BCUT2D eigenvalue weighted by Crippen LogP contribution is 2.55. The smallest absolute Gasteiger partial charge is 0.313 e. The van der Waals surface area contributed by atoms with Gasteiger partial charge in [-0.05, 0) is 37.5 Å². The van der Waals surface area contributed by atoms with Crippen molar-refractivity contribution in [1.29, 1.82) is 0 Å². The van der Waals surface area contributed by atoms with E-state index in [1.807, 2.05) is 0 Å². The van der Waals surface area contributed by atoms with Crippen LogP contribution in [0.4, 0.5) is 10.1 Å². The van der Waals surface area contributed by atoms with Crippen LogP contribution >= 0.6 is 0 Å². The van der Waals surface area contributed by atoms with Crippen molar-refractivity contribution in [3.63, 3.8) is 0 Å². The molecule has 0 aliphatic heterocycles. The number of nitro groups is 1. The summed E-state index contributed by atoms with van der Waals surface area (Å²) in [6.45, 7) is 0. The standard InChI is InChI=1S/C12H16FN3O3/c1-15-11(9(6-14-15)16(18)19)12(13)3-2-10(17)8-4-7(8)5-12/h6-8,10,17H,2-5H2,1H3. The largest absolute Gasteiger partial charge is 0.393 e. The lowest BCUT2D eigenvalue weighted by atomic mass is 9.90. The molecule has 2 saturated carbocycles. The van der Waals surface area contributed by atoms with Crippen molar-refractivity contribution in [2.24, 2.45) is 18.9 Å². The average Bonchev–Trinajstić information content (AvgIpc) is 2.99. The van der Waals surface area contributed by atoms with Crippen LogP contribution in [-0.4, -0.2) is 25.9 Å². The summed E-state index contributed by atoms with van der Waals surface area (Å²) in [7, 11) is 1.52. The number of alkyl halides is 1. The van der Waals surface area contributed by atoms with Gasteiger partial charge in [-0.25, -0.2) is 4.39 Å². The highest BCUT2D eigenvalue weighted by atomic mass is 19.1. The molecule has 1 heterocycles. The first-order valence-corrected chi connectivity index (χ1v) is 6.46. The SMILES string of the molecule is Cn1ncc([N+](=O)[O-])c1C1(F)CCC(O)C2CC2C1. The maximum atomic E-state index is 15.3. The van der Waals surface area contributed by atoms with Crippen LogP contribution in [-0.2, 0) is 12.7 Å². The Kier molecular flexibility index (Phi) is 2.63. The van der Waals surface area contributed by atoms with Gasteiger partial charge < -0.3 is 5.11 Å². The molecule has 1 N–H and O–H groups in total. The lowest BCUT2D eigenvalue weighted by Gasteiger charge is -2.24. The summed E-state index contributed by atoms with van der Waals surface area (Å²) in [4.78, 5) is 10.4. The third-order valence-electron chi connectivity index (χ3n) is 4.43. The van der Waals surface area contributed by atoms with Crippen LogP contribution in [0.5, 0.6) is 0 Å². The van der Waals surface area contributed by atoms with Gasteiger partial charge in [-0.2, -0.15) is 5.10 Å². The summed E-state index contributed by atoms with van der Waals surface area (Å²) in [5.41, 5.74) is -1.99. The number of rotatable bonds is 2. The summed E-state index contributed by atoms with van der Waals surface area (Å²) in [5, 5.41) is 24.7. The molecule has 4 unspecified atom stereocenters. The lowest BCUT2D eigenvalue weighted by molar-refractivity contribution is -0.386. The summed E-state index contributed by atoms with van der Waals surface area (Å²) in [6.07, 6.45) is 2.15. The van der Waals surface area contributed by atoms with Gasteiger partial charge in [-0.15, -0.1) is 0 Å². The van der Waals surface area contributed by atoms with Crippen molar-refractivity contribution < 1.29 is 14.4 Å². The van der Waals surface area contributed by atoms with E-state index in [-0.39, 0.29) is 36.1 Å². The number of halogens is 1. The number of hydrogen-bond acceptors (Lipinski definition) is 4. The summed E-state index contributed by atoms with van der Waals surface area (Å²) < 4.78 is 16.5. The zero-order valence-corrected chi connectivity index (χ0v) is 10.6. The molecule has 0 bridgehead atoms. The molecule has 4 atom stereocenters. The molecule has 2 aliphatic carbocycles. The van der Waals surface area contributed by atoms with Crippen LogP contribution in [0.25, 0.3) is 0 Å². The number of aliphatic hydroxyl groups excluding tert-OH is 1. The van der Waals surface area contributed by atoms with Crippen LogP contribution < -0.4 is 0 Å². The molecule has 0 amide bonds. The first kappa shape index (κ1) is 12.5. The normalized spacial score (nSPS) is 37.5. The third-order valence-corrected chi connectivity index (χ3v) is 4.43. The molecule has 19 heavy (non-hydrogen) atoms. The van der Waals surface area contributed by atoms with Gasteiger partial charge in [0.2, 0.25) is 0 Å². The van der Waals surface area contributed by atoms with Crippen LogP contribution in [0.3, 0.4) is 0 Å². The molecule has 1 aromatic heterocycles. The second-order valence-corrected chi connectivity index (χ2v) is 5.69. The highest BCUT2D eigenvalue weighted by Gasteiger charge is 2.54. The molecule has 0 radical (unpaired) electrons. The molecule has 0 aromatic carbocycles. The molecule has 0 spiro atoms. The number of aromatic nitrogens is 2. The fourth-order valence-corrected chi connectivity index (χ4v) is 3.38. The van der Waals surface area contributed by atoms with E-state index < -0.39 is 16.7 Å². The maximum absolute atomic E-state index is 15.3. The Morgan fingerprint density at radius 2 is 2.42 bits per heavy atom. The number of aryl methyl sites for hydroxylation is 1. The van der Waals surface area contributed by atoms with Crippen molar-refractivity contribution >= 4 is 5.69 Å². The molecule has 104 valence electrons. The van der Waals surface area contributed by atoms with Gasteiger partial charge >= 0.3 is 5.69 Å². The fraction of sp³-hybridized carbons (Fsp3) is 0.750. The minimum Gasteiger partial charge on any atom is -0.393 e. The minimum atomic E-state index is -1.76. The predicted molar refractivity (Wildman–Crippen MR) is 64.1 cm³/mol. The number of fused-ring (bicyclic) bond motifs is 1. The zero-order chi connectivity index (χ0) is 13.8. The second-order valence-electron chi connectivity index (χ2n) is 5.69. The molecule has 2 fully saturated rings. The van der Waals surface area contributed by atoms with E-state index in [9.17, 15) is 15.2 Å². The van der Waals surface area contributed by atoms with Gasteiger partial charge in [0, 0.05) is 7.05 Å². The molecule has 3 rings (SSSR count). The molecule has 1 aromatic rings. The topological polar surface area (TPSA) is 81.2 Å². The summed E-state index contributed by atoms with van der Waals surface area (Å²) >= 11 is 0. The van der Waals surface area contributed by atoms with Gasteiger partial charge in [0.15, 0.2) is 11.4 Å². The van der Waals surface area contributed by atoms with Gasteiger partial charge in [0.25, 0.3) is 0 Å². The van der Waals surface area contributed by atoms with Crippen molar-refractivity contribution in [3.8, 4) is 0 Å². The lowest BCUT2D eigenvalue weighted by Crippen LogP contribution is -2.25. The fourth-order valence-electron chi connectivity index (χ4n) is 3.38.